The second-order valence-electron chi connectivity index (χ2n) is 6.16. The van der Waals surface area contributed by atoms with Crippen LogP contribution in [0.3, 0.4) is 0 Å². The molecule has 2 atom stereocenters. The van der Waals surface area contributed by atoms with Gasteiger partial charge in [-0.2, -0.15) is 0 Å². The molecule has 1 aliphatic heterocycles. The van der Waals surface area contributed by atoms with Crippen molar-refractivity contribution in [3.05, 3.63) is 54.1 Å². The van der Waals surface area contributed by atoms with Gasteiger partial charge in [0.15, 0.2) is 0 Å². The SMILES string of the molecule is COc1ccc([C@@](C)(O)[C@H]2CCCN2C(=O)c2cncnc2)cc1. The van der Waals surface area contributed by atoms with E-state index in [1.165, 1.54) is 18.7 Å². The Kier molecular flexibility index (Phi) is 4.49. The van der Waals surface area contributed by atoms with Gasteiger partial charge in [0.05, 0.1) is 18.7 Å². The van der Waals surface area contributed by atoms with Crippen molar-refractivity contribution >= 4 is 5.91 Å². The second-order valence-corrected chi connectivity index (χ2v) is 6.16. The molecule has 6 nitrogen and oxygen atoms in total. The van der Waals surface area contributed by atoms with Gasteiger partial charge in [-0.15, -0.1) is 0 Å². The van der Waals surface area contributed by atoms with Crippen LogP contribution < -0.4 is 4.74 Å². The van der Waals surface area contributed by atoms with E-state index in [2.05, 4.69) is 9.97 Å². The molecule has 6 heteroatoms. The first-order valence-corrected chi connectivity index (χ1v) is 7.97. The van der Waals surface area contributed by atoms with Gasteiger partial charge < -0.3 is 14.7 Å². The summed E-state index contributed by atoms with van der Waals surface area (Å²) in [6.45, 7) is 2.37. The van der Waals surface area contributed by atoms with Gasteiger partial charge in [-0.25, -0.2) is 9.97 Å². The van der Waals surface area contributed by atoms with E-state index >= 15 is 0 Å². The average Bonchev–Trinajstić information content (AvgIpc) is 3.12. The highest BCUT2D eigenvalue weighted by Gasteiger charge is 2.42. The molecule has 0 bridgehead atoms. The highest BCUT2D eigenvalue weighted by Crippen LogP contribution is 2.36. The molecule has 0 unspecified atom stereocenters. The minimum absolute atomic E-state index is 0.146. The first-order chi connectivity index (χ1) is 11.5. The molecule has 2 heterocycles. The molecule has 1 aromatic carbocycles. The lowest BCUT2D eigenvalue weighted by Gasteiger charge is -2.37. The van der Waals surface area contributed by atoms with Crippen LogP contribution >= 0.6 is 0 Å². The normalized spacial score (nSPS) is 19.8. The van der Waals surface area contributed by atoms with Crippen LogP contribution in [-0.4, -0.2) is 45.6 Å². The first kappa shape index (κ1) is 16.4. The molecular formula is C18H21N3O3. The van der Waals surface area contributed by atoms with Gasteiger partial charge in [0.25, 0.3) is 5.91 Å². The molecule has 0 saturated carbocycles. The predicted octanol–water partition coefficient (Wildman–Crippen LogP) is 2.00. The van der Waals surface area contributed by atoms with Gasteiger partial charge in [-0.1, -0.05) is 12.1 Å². The maximum absolute atomic E-state index is 12.8. The van der Waals surface area contributed by atoms with Gasteiger partial charge in [-0.05, 0) is 37.5 Å². The van der Waals surface area contributed by atoms with Crippen LogP contribution in [0.2, 0.25) is 0 Å². The zero-order valence-electron chi connectivity index (χ0n) is 13.8. The summed E-state index contributed by atoms with van der Waals surface area (Å²) in [7, 11) is 1.60. The summed E-state index contributed by atoms with van der Waals surface area (Å²) in [5.41, 5.74) is 0.0564. The third-order valence-corrected chi connectivity index (χ3v) is 4.64. The van der Waals surface area contributed by atoms with Gasteiger partial charge in [0.1, 0.15) is 17.7 Å². The number of ether oxygens (including phenoxy) is 1. The van der Waals surface area contributed by atoms with Crippen molar-refractivity contribution in [1.82, 2.24) is 14.9 Å². The fraction of sp³-hybridized carbons (Fsp3) is 0.389. The van der Waals surface area contributed by atoms with Crippen LogP contribution in [-0.2, 0) is 5.60 Å². The van der Waals surface area contributed by atoms with Crippen molar-refractivity contribution in [3.8, 4) is 5.75 Å². The van der Waals surface area contributed by atoms with Crippen molar-refractivity contribution in [2.24, 2.45) is 0 Å². The Morgan fingerprint density at radius 1 is 1.29 bits per heavy atom. The van der Waals surface area contributed by atoms with E-state index in [4.69, 9.17) is 4.74 Å². The van der Waals surface area contributed by atoms with Crippen LogP contribution in [0.4, 0.5) is 0 Å². The number of rotatable bonds is 4. The Balaban J connectivity index is 1.87. The molecule has 3 rings (SSSR count). The molecule has 2 aromatic rings. The molecule has 126 valence electrons. The number of carbonyl (C=O) groups excluding carboxylic acids is 1. The smallest absolute Gasteiger partial charge is 0.257 e. The number of benzene rings is 1. The zero-order valence-corrected chi connectivity index (χ0v) is 13.8. The van der Waals surface area contributed by atoms with E-state index in [1.807, 2.05) is 24.3 Å². The fourth-order valence-electron chi connectivity index (χ4n) is 3.29. The minimum Gasteiger partial charge on any atom is -0.497 e. The van der Waals surface area contributed by atoms with Crippen molar-refractivity contribution < 1.29 is 14.6 Å². The Labute approximate surface area is 141 Å². The average molecular weight is 327 g/mol. The summed E-state index contributed by atoms with van der Waals surface area (Å²) in [4.78, 5) is 22.3. The quantitative estimate of drug-likeness (QED) is 0.929. The maximum atomic E-state index is 12.8. The molecule has 1 saturated heterocycles. The van der Waals surface area contributed by atoms with Gasteiger partial charge in [0.2, 0.25) is 0 Å². The maximum Gasteiger partial charge on any atom is 0.257 e. The second kappa shape index (κ2) is 6.57. The number of amides is 1. The molecule has 24 heavy (non-hydrogen) atoms. The molecule has 0 aliphatic carbocycles. The zero-order chi connectivity index (χ0) is 17.2. The standard InChI is InChI=1S/C18H21N3O3/c1-18(23,14-5-7-15(24-2)8-6-14)16-4-3-9-21(16)17(22)13-10-19-12-20-11-13/h5-8,10-12,16,23H,3-4,9H2,1-2H3/t16-,18-/m1/s1. The monoisotopic (exact) mass is 327 g/mol. The van der Waals surface area contributed by atoms with Crippen LogP contribution in [0, 0.1) is 0 Å². The Bertz CT molecular complexity index is 701. The van der Waals surface area contributed by atoms with Crippen molar-refractivity contribution in [3.63, 3.8) is 0 Å². The van der Waals surface area contributed by atoms with Gasteiger partial charge in [0, 0.05) is 18.9 Å². The number of likely N-dealkylation sites (tertiary alicyclic amines) is 1. The van der Waals surface area contributed by atoms with Crippen molar-refractivity contribution in [1.29, 1.82) is 0 Å². The Hall–Kier alpha value is -2.47. The summed E-state index contributed by atoms with van der Waals surface area (Å²) < 4.78 is 5.16. The van der Waals surface area contributed by atoms with Crippen molar-refractivity contribution in [2.45, 2.75) is 31.4 Å². The number of aromatic nitrogens is 2. The predicted molar refractivity (Wildman–Crippen MR) is 88.7 cm³/mol. The molecule has 1 fully saturated rings. The highest BCUT2D eigenvalue weighted by atomic mass is 16.5. The molecule has 1 aromatic heterocycles. The lowest BCUT2D eigenvalue weighted by atomic mass is 9.86. The largest absolute Gasteiger partial charge is 0.497 e. The summed E-state index contributed by atoms with van der Waals surface area (Å²) in [5.74, 6) is 0.585. The van der Waals surface area contributed by atoms with E-state index in [-0.39, 0.29) is 11.9 Å². The third kappa shape index (κ3) is 2.97. The fourth-order valence-corrected chi connectivity index (χ4v) is 3.29. The number of aliphatic hydroxyl groups is 1. The molecule has 1 N–H and O–H groups in total. The van der Waals surface area contributed by atoms with E-state index in [9.17, 15) is 9.90 Å². The number of nitrogens with zero attached hydrogens (tertiary/aromatic N) is 3. The Morgan fingerprint density at radius 3 is 2.58 bits per heavy atom. The number of hydrogen-bond acceptors (Lipinski definition) is 5. The van der Waals surface area contributed by atoms with Crippen LogP contribution in [0.1, 0.15) is 35.7 Å². The molecule has 0 spiro atoms. The molecule has 1 amide bonds. The van der Waals surface area contributed by atoms with E-state index in [1.54, 1.807) is 18.9 Å². The highest BCUT2D eigenvalue weighted by molar-refractivity contribution is 5.94. The third-order valence-electron chi connectivity index (χ3n) is 4.64. The number of methoxy groups -OCH3 is 1. The lowest BCUT2D eigenvalue weighted by Crippen LogP contribution is -2.48. The molecular weight excluding hydrogens is 306 g/mol. The van der Waals surface area contributed by atoms with Crippen LogP contribution in [0.5, 0.6) is 5.75 Å². The van der Waals surface area contributed by atoms with E-state index < -0.39 is 5.60 Å². The topological polar surface area (TPSA) is 75.6 Å². The van der Waals surface area contributed by atoms with Crippen molar-refractivity contribution in [2.75, 3.05) is 13.7 Å². The number of hydrogen-bond donors (Lipinski definition) is 1. The van der Waals surface area contributed by atoms with Gasteiger partial charge in [-0.3, -0.25) is 4.79 Å². The summed E-state index contributed by atoms with van der Waals surface area (Å²) in [6, 6.07) is 7.02. The summed E-state index contributed by atoms with van der Waals surface area (Å²) in [5, 5.41) is 11.1. The molecule has 0 radical (unpaired) electrons. The Morgan fingerprint density at radius 2 is 1.96 bits per heavy atom. The van der Waals surface area contributed by atoms with E-state index in [0.717, 1.165) is 24.2 Å². The van der Waals surface area contributed by atoms with Gasteiger partial charge >= 0.3 is 0 Å². The first-order valence-electron chi connectivity index (χ1n) is 7.97. The lowest BCUT2D eigenvalue weighted by molar-refractivity contribution is -0.0177. The summed E-state index contributed by atoms with van der Waals surface area (Å²) in [6.07, 6.45) is 6.01. The van der Waals surface area contributed by atoms with E-state index in [0.29, 0.717) is 12.1 Å². The van der Waals surface area contributed by atoms with Crippen LogP contribution in [0.15, 0.2) is 43.0 Å². The van der Waals surface area contributed by atoms with Crippen LogP contribution in [0.25, 0.3) is 0 Å². The number of carbonyl (C=O) groups is 1. The summed E-state index contributed by atoms with van der Waals surface area (Å²) >= 11 is 0. The minimum atomic E-state index is -1.14. The molecule has 1 aliphatic rings.